The molecule has 0 aliphatic carbocycles. The van der Waals surface area contributed by atoms with Crippen molar-refractivity contribution in [2.75, 3.05) is 6.61 Å². The van der Waals surface area contributed by atoms with Gasteiger partial charge < -0.3 is 10.1 Å². The number of halogens is 1. The fourth-order valence-corrected chi connectivity index (χ4v) is 5.23. The van der Waals surface area contributed by atoms with Gasteiger partial charge in [0.15, 0.2) is 0 Å². The van der Waals surface area contributed by atoms with E-state index in [9.17, 15) is 0 Å². The molecule has 3 atom stereocenters. The molecule has 17 heavy (non-hydrogen) atoms. The summed E-state index contributed by atoms with van der Waals surface area (Å²) >= 11 is 5.48. The fraction of sp³-hybridized carbons (Fsp3) is 0.692. The van der Waals surface area contributed by atoms with Crippen molar-refractivity contribution in [3.8, 4) is 0 Å². The zero-order valence-electron chi connectivity index (χ0n) is 10.3. The van der Waals surface area contributed by atoms with E-state index in [1.807, 2.05) is 11.3 Å². The normalized spacial score (nSPS) is 37.1. The van der Waals surface area contributed by atoms with Crippen LogP contribution < -0.4 is 5.32 Å². The summed E-state index contributed by atoms with van der Waals surface area (Å²) in [6.07, 6.45) is 3.25. The van der Waals surface area contributed by atoms with Crippen LogP contribution in [0.1, 0.15) is 37.1 Å². The average molecular weight is 316 g/mol. The summed E-state index contributed by atoms with van der Waals surface area (Å²) < 4.78 is 7.48. The predicted molar refractivity (Wildman–Crippen MR) is 74.6 cm³/mol. The Bertz CT molecular complexity index is 421. The first-order valence-corrected chi connectivity index (χ1v) is 7.89. The number of thiophene rings is 1. The zero-order chi connectivity index (χ0) is 12.0. The van der Waals surface area contributed by atoms with Gasteiger partial charge in [-0.15, -0.1) is 11.3 Å². The van der Waals surface area contributed by atoms with Crippen molar-refractivity contribution in [1.82, 2.24) is 5.32 Å². The fourth-order valence-electron chi connectivity index (χ4n) is 3.37. The van der Waals surface area contributed by atoms with E-state index in [1.54, 1.807) is 0 Å². The predicted octanol–water partition coefficient (Wildman–Crippen LogP) is 3.44. The van der Waals surface area contributed by atoms with Crippen molar-refractivity contribution in [2.24, 2.45) is 0 Å². The molecule has 2 aliphatic heterocycles. The third-order valence-corrected chi connectivity index (χ3v) is 5.65. The summed E-state index contributed by atoms with van der Waals surface area (Å²) in [5.74, 6) is 0. The van der Waals surface area contributed by atoms with Gasteiger partial charge in [-0.05, 0) is 60.7 Å². The molecule has 94 valence electrons. The van der Waals surface area contributed by atoms with Crippen molar-refractivity contribution in [1.29, 1.82) is 0 Å². The number of piperidine rings is 1. The Hall–Kier alpha value is 0.1000. The maximum absolute atomic E-state index is 6.24. The smallest absolute Gasteiger partial charge is 0.105 e. The number of hydrogen-bond acceptors (Lipinski definition) is 3. The molecule has 1 N–H and O–H groups in total. The van der Waals surface area contributed by atoms with Crippen LogP contribution in [0.5, 0.6) is 0 Å². The second kappa shape index (κ2) is 4.34. The highest BCUT2D eigenvalue weighted by Crippen LogP contribution is 2.47. The standard InChI is InChI=1S/C13H18BrNOS/c1-8-6-13(7-9(2)15-8)12-10(3-4-16-13)5-11(14)17-12/h5,8-9,15H,3-4,6-7H2,1-2H3/t8-,9+,13?. The van der Waals surface area contributed by atoms with E-state index in [0.717, 1.165) is 25.9 Å². The van der Waals surface area contributed by atoms with Crippen LogP contribution in [0.15, 0.2) is 9.85 Å². The van der Waals surface area contributed by atoms with Gasteiger partial charge in [-0.2, -0.15) is 0 Å². The van der Waals surface area contributed by atoms with E-state index in [1.165, 1.54) is 14.2 Å². The number of fused-ring (bicyclic) bond motifs is 2. The highest BCUT2D eigenvalue weighted by molar-refractivity contribution is 9.11. The lowest BCUT2D eigenvalue weighted by Gasteiger charge is -2.45. The van der Waals surface area contributed by atoms with Crippen molar-refractivity contribution in [3.63, 3.8) is 0 Å². The van der Waals surface area contributed by atoms with Gasteiger partial charge in [-0.1, -0.05) is 0 Å². The third kappa shape index (κ3) is 2.09. The SMILES string of the molecule is C[C@@H]1CC2(C[C@H](C)N1)OCCc1cc(Br)sc12. The molecule has 2 aliphatic rings. The first-order valence-electron chi connectivity index (χ1n) is 6.28. The Balaban J connectivity index is 2.02. The molecule has 0 saturated carbocycles. The molecule has 1 spiro atoms. The summed E-state index contributed by atoms with van der Waals surface area (Å²) in [7, 11) is 0. The van der Waals surface area contributed by atoms with Gasteiger partial charge in [0, 0.05) is 17.0 Å². The number of nitrogens with one attached hydrogen (secondary N) is 1. The van der Waals surface area contributed by atoms with E-state index < -0.39 is 0 Å². The van der Waals surface area contributed by atoms with E-state index in [-0.39, 0.29) is 5.60 Å². The first-order chi connectivity index (χ1) is 8.09. The quantitative estimate of drug-likeness (QED) is 0.792. The molecule has 1 unspecified atom stereocenters. The molecule has 1 aromatic rings. The summed E-state index contributed by atoms with van der Waals surface area (Å²) in [6, 6.07) is 3.35. The average Bonchev–Trinajstić information content (AvgIpc) is 2.58. The van der Waals surface area contributed by atoms with E-state index in [2.05, 4.69) is 41.2 Å². The molecule has 1 aromatic heterocycles. The summed E-state index contributed by atoms with van der Waals surface area (Å²) in [5.41, 5.74) is 1.48. The van der Waals surface area contributed by atoms with Crippen LogP contribution in [0.3, 0.4) is 0 Å². The number of ether oxygens (including phenoxy) is 1. The molecule has 0 amide bonds. The van der Waals surface area contributed by atoms with Crippen LogP contribution in [0.4, 0.5) is 0 Å². The molecular weight excluding hydrogens is 298 g/mol. The largest absolute Gasteiger partial charge is 0.369 e. The lowest BCUT2D eigenvalue weighted by molar-refractivity contribution is -0.0932. The lowest BCUT2D eigenvalue weighted by atomic mass is 9.80. The van der Waals surface area contributed by atoms with E-state index in [0.29, 0.717) is 12.1 Å². The van der Waals surface area contributed by atoms with Crippen LogP contribution >= 0.6 is 27.3 Å². The molecule has 0 bridgehead atoms. The van der Waals surface area contributed by atoms with Gasteiger partial charge in [-0.25, -0.2) is 0 Å². The Morgan fingerprint density at radius 2 is 2.12 bits per heavy atom. The van der Waals surface area contributed by atoms with Gasteiger partial charge in [0.25, 0.3) is 0 Å². The summed E-state index contributed by atoms with van der Waals surface area (Å²) in [6.45, 7) is 5.39. The molecule has 0 aromatic carbocycles. The van der Waals surface area contributed by atoms with Gasteiger partial charge in [0.2, 0.25) is 0 Å². The molecule has 3 rings (SSSR count). The highest BCUT2D eigenvalue weighted by atomic mass is 79.9. The Morgan fingerprint density at radius 1 is 1.41 bits per heavy atom. The van der Waals surface area contributed by atoms with Gasteiger partial charge in [0.1, 0.15) is 5.60 Å². The van der Waals surface area contributed by atoms with Crippen molar-refractivity contribution >= 4 is 27.3 Å². The number of rotatable bonds is 0. The van der Waals surface area contributed by atoms with E-state index >= 15 is 0 Å². The molecule has 1 fully saturated rings. The summed E-state index contributed by atoms with van der Waals surface area (Å²) in [4.78, 5) is 1.47. The molecular formula is C13H18BrNOS. The second-order valence-corrected chi connectivity index (χ2v) is 7.81. The van der Waals surface area contributed by atoms with Crippen molar-refractivity contribution in [3.05, 3.63) is 20.3 Å². The molecule has 4 heteroatoms. The van der Waals surface area contributed by atoms with E-state index in [4.69, 9.17) is 4.74 Å². The van der Waals surface area contributed by atoms with Crippen molar-refractivity contribution < 1.29 is 4.74 Å². The summed E-state index contributed by atoms with van der Waals surface area (Å²) in [5, 5.41) is 3.60. The van der Waals surface area contributed by atoms with Crippen LogP contribution in [0.2, 0.25) is 0 Å². The maximum atomic E-state index is 6.24. The highest BCUT2D eigenvalue weighted by Gasteiger charge is 2.44. The Morgan fingerprint density at radius 3 is 2.82 bits per heavy atom. The second-order valence-electron chi connectivity index (χ2n) is 5.37. The maximum Gasteiger partial charge on any atom is 0.105 e. The first kappa shape index (κ1) is 12.2. The minimum Gasteiger partial charge on any atom is -0.369 e. The van der Waals surface area contributed by atoms with Gasteiger partial charge >= 0.3 is 0 Å². The molecule has 0 radical (unpaired) electrons. The Labute approximate surface area is 115 Å². The molecule has 3 heterocycles. The molecule has 2 nitrogen and oxygen atoms in total. The number of hydrogen-bond donors (Lipinski definition) is 1. The minimum absolute atomic E-state index is 0.0195. The van der Waals surface area contributed by atoms with Crippen LogP contribution in [-0.4, -0.2) is 18.7 Å². The Kier molecular flexibility index (Phi) is 3.10. The van der Waals surface area contributed by atoms with Crippen LogP contribution in [0, 0.1) is 0 Å². The lowest BCUT2D eigenvalue weighted by Crippen LogP contribution is -2.52. The van der Waals surface area contributed by atoms with Gasteiger partial charge in [-0.3, -0.25) is 0 Å². The third-order valence-electron chi connectivity index (χ3n) is 3.78. The van der Waals surface area contributed by atoms with Crippen molar-refractivity contribution in [2.45, 2.75) is 50.8 Å². The van der Waals surface area contributed by atoms with Crippen LogP contribution in [0.25, 0.3) is 0 Å². The monoisotopic (exact) mass is 315 g/mol. The van der Waals surface area contributed by atoms with Gasteiger partial charge in [0.05, 0.1) is 10.4 Å². The van der Waals surface area contributed by atoms with Crippen LogP contribution in [-0.2, 0) is 16.8 Å². The zero-order valence-corrected chi connectivity index (χ0v) is 12.7. The molecule has 1 saturated heterocycles. The minimum atomic E-state index is -0.0195. The topological polar surface area (TPSA) is 21.3 Å².